The van der Waals surface area contributed by atoms with Crippen molar-refractivity contribution in [3.8, 4) is 0 Å². The molecule has 2 aliphatic rings. The van der Waals surface area contributed by atoms with E-state index in [0.717, 1.165) is 36.2 Å². The van der Waals surface area contributed by atoms with E-state index >= 15 is 0 Å². The van der Waals surface area contributed by atoms with Gasteiger partial charge in [0.2, 0.25) is 0 Å². The third kappa shape index (κ3) is 1.89. The van der Waals surface area contributed by atoms with Crippen LogP contribution in [-0.2, 0) is 11.3 Å². The number of hydrogen-bond donors (Lipinski definition) is 1. The molecule has 1 saturated heterocycles. The monoisotopic (exact) mass is 313 g/mol. The van der Waals surface area contributed by atoms with Crippen molar-refractivity contribution in [1.82, 2.24) is 4.90 Å². The summed E-state index contributed by atoms with van der Waals surface area (Å²) in [5.74, 6) is 0.587. The van der Waals surface area contributed by atoms with Gasteiger partial charge in [-0.25, -0.2) is 0 Å². The zero-order valence-corrected chi connectivity index (χ0v) is 11.6. The Balaban J connectivity index is 1.73. The lowest BCUT2D eigenvalue weighted by Gasteiger charge is -2.23. The molecule has 2 heterocycles. The van der Waals surface area contributed by atoms with Gasteiger partial charge in [-0.1, -0.05) is 6.42 Å². The molecule has 1 aromatic heterocycles. The second kappa shape index (κ2) is 4.38. The first-order chi connectivity index (χ1) is 8.60. The van der Waals surface area contributed by atoms with Gasteiger partial charge >= 0.3 is 5.97 Å². The molecule has 1 N–H and O–H groups in total. The first-order valence-electron chi connectivity index (χ1n) is 6.30. The van der Waals surface area contributed by atoms with Gasteiger partial charge in [0.1, 0.15) is 5.76 Å². The number of likely N-dealkylation sites (tertiary alicyclic amines) is 1. The SMILES string of the molecule is O=C(O)[C@@]12CCC[C@H]1CN(Cc1ccc(Br)o1)C2. The summed E-state index contributed by atoms with van der Waals surface area (Å²) in [4.78, 5) is 13.8. The fourth-order valence-corrected chi connectivity index (χ4v) is 3.86. The maximum Gasteiger partial charge on any atom is 0.311 e. The van der Waals surface area contributed by atoms with E-state index in [2.05, 4.69) is 20.8 Å². The van der Waals surface area contributed by atoms with Crippen molar-refractivity contribution in [3.63, 3.8) is 0 Å². The zero-order chi connectivity index (χ0) is 12.8. The Bertz CT molecular complexity index is 473. The van der Waals surface area contributed by atoms with Gasteiger partial charge in [-0.3, -0.25) is 9.69 Å². The van der Waals surface area contributed by atoms with Crippen LogP contribution in [0.5, 0.6) is 0 Å². The highest BCUT2D eigenvalue weighted by atomic mass is 79.9. The Morgan fingerprint density at radius 3 is 3.06 bits per heavy atom. The Hall–Kier alpha value is -0.810. The topological polar surface area (TPSA) is 53.7 Å². The van der Waals surface area contributed by atoms with E-state index < -0.39 is 11.4 Å². The number of hydrogen-bond acceptors (Lipinski definition) is 3. The Labute approximate surface area is 114 Å². The minimum Gasteiger partial charge on any atom is -0.481 e. The van der Waals surface area contributed by atoms with E-state index in [-0.39, 0.29) is 0 Å². The maximum atomic E-state index is 11.5. The smallest absolute Gasteiger partial charge is 0.311 e. The van der Waals surface area contributed by atoms with Gasteiger partial charge in [0.25, 0.3) is 0 Å². The summed E-state index contributed by atoms with van der Waals surface area (Å²) in [5.41, 5.74) is -0.496. The molecule has 0 aromatic carbocycles. The van der Waals surface area contributed by atoms with E-state index in [4.69, 9.17) is 4.42 Å². The van der Waals surface area contributed by atoms with E-state index in [9.17, 15) is 9.90 Å². The van der Waals surface area contributed by atoms with E-state index in [1.165, 1.54) is 0 Å². The average molecular weight is 314 g/mol. The predicted molar refractivity (Wildman–Crippen MR) is 69.1 cm³/mol. The molecule has 98 valence electrons. The predicted octanol–water partition coefficient (Wildman–Crippen LogP) is 2.73. The van der Waals surface area contributed by atoms with Crippen LogP contribution in [0.3, 0.4) is 0 Å². The fraction of sp³-hybridized carbons (Fsp3) is 0.615. The standard InChI is InChI=1S/C13H16BrNO3/c14-11-4-3-10(18-11)7-15-6-9-2-1-5-13(9,8-15)12(16)17/h3-4,9H,1-2,5-8H2,(H,16,17)/t9-,13+/m0/s1. The molecule has 2 atom stereocenters. The number of aliphatic carboxylic acids is 1. The van der Waals surface area contributed by atoms with Gasteiger partial charge in [0.05, 0.1) is 12.0 Å². The molecule has 0 bridgehead atoms. The summed E-state index contributed by atoms with van der Waals surface area (Å²) in [6.07, 6.45) is 2.92. The molecular weight excluding hydrogens is 298 g/mol. The summed E-state index contributed by atoms with van der Waals surface area (Å²) < 4.78 is 6.22. The van der Waals surface area contributed by atoms with Crippen LogP contribution < -0.4 is 0 Å². The van der Waals surface area contributed by atoms with Crippen LogP contribution in [0.4, 0.5) is 0 Å². The molecule has 5 heteroatoms. The normalized spacial score (nSPS) is 31.7. The molecule has 1 aliphatic carbocycles. The lowest BCUT2D eigenvalue weighted by molar-refractivity contribution is -0.149. The fourth-order valence-electron chi connectivity index (χ4n) is 3.52. The van der Waals surface area contributed by atoms with Crippen LogP contribution >= 0.6 is 15.9 Å². The molecule has 0 radical (unpaired) electrons. The summed E-state index contributed by atoms with van der Waals surface area (Å²) in [5, 5.41) is 9.50. The Morgan fingerprint density at radius 2 is 2.44 bits per heavy atom. The first-order valence-corrected chi connectivity index (χ1v) is 7.09. The van der Waals surface area contributed by atoms with Gasteiger partial charge in [0, 0.05) is 13.1 Å². The summed E-state index contributed by atoms with van der Waals surface area (Å²) in [7, 11) is 0. The van der Waals surface area contributed by atoms with Crippen LogP contribution in [0.1, 0.15) is 25.0 Å². The number of halogens is 1. The maximum absolute atomic E-state index is 11.5. The third-order valence-electron chi connectivity index (χ3n) is 4.38. The molecule has 18 heavy (non-hydrogen) atoms. The molecule has 4 nitrogen and oxygen atoms in total. The lowest BCUT2D eigenvalue weighted by Crippen LogP contribution is -2.35. The number of carboxylic acid groups (broad SMARTS) is 1. The van der Waals surface area contributed by atoms with Crippen molar-refractivity contribution in [2.45, 2.75) is 25.8 Å². The molecular formula is C13H16BrNO3. The van der Waals surface area contributed by atoms with Crippen molar-refractivity contribution in [3.05, 3.63) is 22.6 Å². The second-order valence-corrected chi connectivity index (χ2v) is 6.21. The van der Waals surface area contributed by atoms with Gasteiger partial charge in [-0.15, -0.1) is 0 Å². The number of nitrogens with zero attached hydrogens (tertiary/aromatic N) is 1. The highest BCUT2D eigenvalue weighted by Crippen LogP contribution is 2.49. The molecule has 1 aromatic rings. The van der Waals surface area contributed by atoms with Gasteiger partial charge in [-0.05, 0) is 46.8 Å². The molecule has 2 fully saturated rings. The summed E-state index contributed by atoms with van der Waals surface area (Å²) >= 11 is 3.28. The van der Waals surface area contributed by atoms with Gasteiger partial charge in [-0.2, -0.15) is 0 Å². The molecule has 1 saturated carbocycles. The molecule has 0 spiro atoms. The van der Waals surface area contributed by atoms with Crippen LogP contribution in [0.15, 0.2) is 21.2 Å². The quantitative estimate of drug-likeness (QED) is 0.932. The highest BCUT2D eigenvalue weighted by Gasteiger charge is 2.54. The van der Waals surface area contributed by atoms with Crippen LogP contribution in [0, 0.1) is 11.3 Å². The third-order valence-corrected chi connectivity index (χ3v) is 4.80. The highest BCUT2D eigenvalue weighted by molar-refractivity contribution is 9.10. The minimum atomic E-state index is -0.617. The van der Waals surface area contributed by atoms with E-state index in [1.807, 2.05) is 12.1 Å². The molecule has 1 aliphatic heterocycles. The number of carbonyl (C=O) groups is 1. The summed E-state index contributed by atoms with van der Waals surface area (Å²) in [6.45, 7) is 2.24. The van der Waals surface area contributed by atoms with Crippen LogP contribution in [0.2, 0.25) is 0 Å². The Morgan fingerprint density at radius 1 is 1.61 bits per heavy atom. The number of fused-ring (bicyclic) bond motifs is 1. The van der Waals surface area contributed by atoms with Gasteiger partial charge < -0.3 is 9.52 Å². The second-order valence-electron chi connectivity index (χ2n) is 5.43. The average Bonchev–Trinajstić information content (AvgIpc) is 2.93. The number of carboxylic acids is 1. The number of rotatable bonds is 3. The first kappa shape index (κ1) is 12.2. The van der Waals surface area contributed by atoms with Crippen molar-refractivity contribution in [2.75, 3.05) is 13.1 Å². The van der Waals surface area contributed by atoms with Crippen molar-refractivity contribution in [1.29, 1.82) is 0 Å². The minimum absolute atomic E-state index is 0.313. The number of furan rings is 1. The van der Waals surface area contributed by atoms with Gasteiger partial charge in [0.15, 0.2) is 4.67 Å². The summed E-state index contributed by atoms with van der Waals surface area (Å²) in [6, 6.07) is 3.81. The van der Waals surface area contributed by atoms with Crippen molar-refractivity contribution in [2.24, 2.45) is 11.3 Å². The molecule has 0 unspecified atom stereocenters. The Kier molecular flexibility index (Phi) is 2.98. The van der Waals surface area contributed by atoms with Crippen molar-refractivity contribution >= 4 is 21.9 Å². The van der Waals surface area contributed by atoms with Crippen LogP contribution in [0.25, 0.3) is 0 Å². The zero-order valence-electron chi connectivity index (χ0n) is 10.1. The van der Waals surface area contributed by atoms with E-state index in [0.29, 0.717) is 19.0 Å². The van der Waals surface area contributed by atoms with Crippen LogP contribution in [-0.4, -0.2) is 29.1 Å². The lowest BCUT2D eigenvalue weighted by atomic mass is 9.81. The van der Waals surface area contributed by atoms with E-state index in [1.54, 1.807) is 0 Å². The molecule has 3 rings (SSSR count). The molecule has 0 amide bonds. The van der Waals surface area contributed by atoms with Crippen molar-refractivity contribution < 1.29 is 14.3 Å². The largest absolute Gasteiger partial charge is 0.481 e.